The van der Waals surface area contributed by atoms with Crippen molar-refractivity contribution in [1.29, 1.82) is 0 Å². The minimum atomic E-state index is -3.72. The first-order valence-corrected chi connectivity index (χ1v) is 10.8. The van der Waals surface area contributed by atoms with Crippen LogP contribution in [0.4, 0.5) is 0 Å². The molecule has 0 spiro atoms. The lowest BCUT2D eigenvalue weighted by molar-refractivity contribution is 0.134. The molecule has 142 valence electrons. The summed E-state index contributed by atoms with van der Waals surface area (Å²) in [5.74, 6) is 0.893. The molecule has 2 aromatic carbocycles. The minimum absolute atomic E-state index is 0.102. The van der Waals surface area contributed by atoms with Crippen LogP contribution in [0.3, 0.4) is 0 Å². The summed E-state index contributed by atoms with van der Waals surface area (Å²) in [4.78, 5) is 10.6. The Morgan fingerprint density at radius 3 is 2.85 bits per heavy atom. The summed E-state index contributed by atoms with van der Waals surface area (Å²) in [5.41, 5.74) is 4.03. The largest absolute Gasteiger partial charge is 0.341 e. The number of hydrogen-bond acceptors (Lipinski definition) is 4. The zero-order chi connectivity index (χ0) is 19.0. The average Bonchev–Trinajstić information content (AvgIpc) is 3.04. The summed E-state index contributed by atoms with van der Waals surface area (Å²) in [5, 5.41) is 5.25. The van der Waals surface area contributed by atoms with E-state index in [1.807, 2.05) is 0 Å². The number of nitrogens with two attached hydrogens (primary N) is 1. The first-order valence-electron chi connectivity index (χ1n) is 9.22. The Kier molecular flexibility index (Phi) is 4.75. The molecule has 1 aromatic heterocycles. The number of imidazole rings is 1. The summed E-state index contributed by atoms with van der Waals surface area (Å²) in [6, 6.07) is 13.6. The number of aryl methyl sites for hydroxylation is 1. The molecule has 1 unspecified atom stereocenters. The highest BCUT2D eigenvalue weighted by Crippen LogP contribution is 2.32. The Morgan fingerprint density at radius 1 is 1.22 bits per heavy atom. The van der Waals surface area contributed by atoms with Crippen LogP contribution in [0.25, 0.3) is 11.0 Å². The third-order valence-corrected chi connectivity index (χ3v) is 6.11. The van der Waals surface area contributed by atoms with Gasteiger partial charge in [0.1, 0.15) is 5.82 Å². The second-order valence-electron chi connectivity index (χ2n) is 7.32. The molecule has 27 heavy (non-hydrogen) atoms. The number of aromatic nitrogens is 2. The van der Waals surface area contributed by atoms with Crippen LogP contribution in [-0.4, -0.2) is 29.8 Å². The van der Waals surface area contributed by atoms with Crippen LogP contribution in [-0.2, 0) is 16.6 Å². The van der Waals surface area contributed by atoms with Gasteiger partial charge in [0.05, 0.1) is 22.0 Å². The van der Waals surface area contributed by atoms with Gasteiger partial charge in [-0.25, -0.2) is 18.5 Å². The van der Waals surface area contributed by atoms with Crippen LogP contribution < -0.4 is 5.14 Å². The number of rotatable bonds is 4. The molecule has 1 aliphatic heterocycles. The van der Waals surface area contributed by atoms with Crippen LogP contribution >= 0.6 is 0 Å². The van der Waals surface area contributed by atoms with E-state index in [4.69, 9.17) is 10.1 Å². The maximum Gasteiger partial charge on any atom is 0.238 e. The van der Waals surface area contributed by atoms with Gasteiger partial charge in [0.25, 0.3) is 0 Å². The van der Waals surface area contributed by atoms with Gasteiger partial charge in [0, 0.05) is 6.54 Å². The van der Waals surface area contributed by atoms with Crippen molar-refractivity contribution in [1.82, 2.24) is 14.9 Å². The van der Waals surface area contributed by atoms with E-state index in [1.54, 1.807) is 12.1 Å². The molecule has 0 aliphatic carbocycles. The van der Waals surface area contributed by atoms with Crippen LogP contribution in [0.15, 0.2) is 47.4 Å². The van der Waals surface area contributed by atoms with Crippen molar-refractivity contribution < 1.29 is 8.42 Å². The molecule has 0 saturated carbocycles. The minimum Gasteiger partial charge on any atom is -0.341 e. The predicted octanol–water partition coefficient (Wildman–Crippen LogP) is 3.25. The van der Waals surface area contributed by atoms with Gasteiger partial charge in [-0.05, 0) is 50.1 Å². The number of fused-ring (bicyclic) bond motifs is 1. The molecule has 7 heteroatoms. The third kappa shape index (κ3) is 3.90. The highest BCUT2D eigenvalue weighted by molar-refractivity contribution is 7.89. The van der Waals surface area contributed by atoms with Crippen LogP contribution in [0, 0.1) is 6.92 Å². The fraction of sp³-hybridized carbons (Fsp3) is 0.350. The Balaban J connectivity index is 1.65. The lowest BCUT2D eigenvalue weighted by atomic mass is 10.00. The molecule has 3 aromatic rings. The normalized spacial score (nSPS) is 18.8. The molecular weight excluding hydrogens is 360 g/mol. The quantitative estimate of drug-likeness (QED) is 0.722. The van der Waals surface area contributed by atoms with Gasteiger partial charge in [-0.1, -0.05) is 36.2 Å². The van der Waals surface area contributed by atoms with Gasteiger partial charge in [-0.2, -0.15) is 0 Å². The highest BCUT2D eigenvalue weighted by atomic mass is 32.2. The van der Waals surface area contributed by atoms with E-state index in [9.17, 15) is 8.42 Å². The highest BCUT2D eigenvalue weighted by Gasteiger charge is 2.26. The number of hydrogen-bond donors (Lipinski definition) is 2. The number of aromatic amines is 1. The number of benzene rings is 2. The second-order valence-corrected chi connectivity index (χ2v) is 8.88. The number of nitrogens with zero attached hydrogens (tertiary/aromatic N) is 2. The molecule has 1 fully saturated rings. The zero-order valence-corrected chi connectivity index (χ0v) is 16.2. The Morgan fingerprint density at radius 2 is 2.07 bits per heavy atom. The molecule has 3 N–H and O–H groups in total. The van der Waals surface area contributed by atoms with E-state index in [0.717, 1.165) is 37.3 Å². The second kappa shape index (κ2) is 7.07. The standard InChI is InChI=1S/C20H24N4O2S/c1-14-5-4-6-15(11-14)13-24-10-3-2-7-19(24)20-22-17-9-8-16(27(21,25)26)12-18(17)23-20/h4-6,8-9,11-12,19H,2-3,7,10,13H2,1H3,(H,22,23)(H2,21,25,26). The Labute approximate surface area is 159 Å². The van der Waals surface area contributed by atoms with Gasteiger partial charge in [-0.3, -0.25) is 4.90 Å². The number of primary sulfonamides is 1. The van der Waals surface area contributed by atoms with Crippen LogP contribution in [0.2, 0.25) is 0 Å². The van der Waals surface area contributed by atoms with E-state index in [1.165, 1.54) is 23.6 Å². The van der Waals surface area contributed by atoms with Gasteiger partial charge >= 0.3 is 0 Å². The summed E-state index contributed by atoms with van der Waals surface area (Å²) in [7, 11) is -3.72. The fourth-order valence-electron chi connectivity index (χ4n) is 3.88. The molecule has 6 nitrogen and oxygen atoms in total. The first kappa shape index (κ1) is 18.2. The van der Waals surface area contributed by atoms with Gasteiger partial charge in [0.15, 0.2) is 0 Å². The SMILES string of the molecule is Cc1cccc(CN2CCCCC2c2nc3ccc(S(N)(=O)=O)cc3[nH]2)c1. The van der Waals surface area contributed by atoms with E-state index < -0.39 is 10.0 Å². The van der Waals surface area contributed by atoms with Gasteiger partial charge in [-0.15, -0.1) is 0 Å². The molecule has 0 amide bonds. The molecule has 4 rings (SSSR count). The molecule has 1 aliphatic rings. The monoisotopic (exact) mass is 384 g/mol. The summed E-state index contributed by atoms with van der Waals surface area (Å²) < 4.78 is 23.2. The number of sulfonamides is 1. The Hall–Kier alpha value is -2.22. The van der Waals surface area contributed by atoms with Crippen molar-refractivity contribution in [3.8, 4) is 0 Å². The lowest BCUT2D eigenvalue weighted by Gasteiger charge is -2.34. The molecule has 1 saturated heterocycles. The van der Waals surface area contributed by atoms with Crippen molar-refractivity contribution in [3.05, 3.63) is 59.4 Å². The summed E-state index contributed by atoms with van der Waals surface area (Å²) in [6.07, 6.45) is 3.38. The molecule has 0 radical (unpaired) electrons. The van der Waals surface area contributed by atoms with Crippen LogP contribution in [0.1, 0.15) is 42.3 Å². The maximum absolute atomic E-state index is 11.6. The van der Waals surface area contributed by atoms with E-state index in [0.29, 0.717) is 5.52 Å². The fourth-order valence-corrected chi connectivity index (χ4v) is 4.42. The number of H-pyrrole nitrogens is 1. The van der Waals surface area contributed by atoms with Crippen molar-refractivity contribution in [2.24, 2.45) is 5.14 Å². The van der Waals surface area contributed by atoms with E-state index in [-0.39, 0.29) is 10.9 Å². The number of likely N-dealkylation sites (tertiary alicyclic amines) is 1. The van der Waals surface area contributed by atoms with Crippen molar-refractivity contribution in [2.75, 3.05) is 6.54 Å². The predicted molar refractivity (Wildman–Crippen MR) is 106 cm³/mol. The molecule has 0 bridgehead atoms. The van der Waals surface area contributed by atoms with Gasteiger partial charge < -0.3 is 4.98 Å². The summed E-state index contributed by atoms with van der Waals surface area (Å²) >= 11 is 0. The number of piperidine rings is 1. The smallest absolute Gasteiger partial charge is 0.238 e. The average molecular weight is 385 g/mol. The van der Waals surface area contributed by atoms with Crippen molar-refractivity contribution in [2.45, 2.75) is 43.7 Å². The molecular formula is C20H24N4O2S. The molecule has 1 atom stereocenters. The number of nitrogens with one attached hydrogen (secondary N) is 1. The van der Waals surface area contributed by atoms with E-state index in [2.05, 4.69) is 41.1 Å². The first-order chi connectivity index (χ1) is 12.9. The topological polar surface area (TPSA) is 92.1 Å². The third-order valence-electron chi connectivity index (χ3n) is 5.20. The Bertz CT molecular complexity index is 1070. The van der Waals surface area contributed by atoms with Gasteiger partial charge in [0.2, 0.25) is 10.0 Å². The van der Waals surface area contributed by atoms with Crippen molar-refractivity contribution >= 4 is 21.1 Å². The maximum atomic E-state index is 11.6. The van der Waals surface area contributed by atoms with Crippen molar-refractivity contribution in [3.63, 3.8) is 0 Å². The summed E-state index contributed by atoms with van der Waals surface area (Å²) in [6.45, 7) is 4.02. The molecule has 2 heterocycles. The zero-order valence-electron chi connectivity index (χ0n) is 15.4. The lowest BCUT2D eigenvalue weighted by Crippen LogP contribution is -2.33. The van der Waals surface area contributed by atoms with E-state index >= 15 is 0 Å². The van der Waals surface area contributed by atoms with Crippen LogP contribution in [0.5, 0.6) is 0 Å².